The van der Waals surface area contributed by atoms with Gasteiger partial charge in [-0.3, -0.25) is 4.90 Å². The summed E-state index contributed by atoms with van der Waals surface area (Å²) in [5.74, 6) is 0.808. The van der Waals surface area contributed by atoms with Crippen LogP contribution in [-0.2, 0) is 19.5 Å². The first-order chi connectivity index (χ1) is 13.9. The van der Waals surface area contributed by atoms with Crippen molar-refractivity contribution in [1.29, 1.82) is 0 Å². The molecular weight excluding hydrogens is 340 g/mol. The number of aryl methyl sites for hydroxylation is 1. The van der Waals surface area contributed by atoms with Crippen LogP contribution in [0.15, 0.2) is 48.5 Å². The summed E-state index contributed by atoms with van der Waals surface area (Å²) in [6.45, 7) is 3.39. The van der Waals surface area contributed by atoms with Gasteiger partial charge in [0.1, 0.15) is 0 Å². The lowest BCUT2D eigenvalue weighted by atomic mass is 9.88. The maximum atomic E-state index is 2.74. The molecule has 0 spiro atoms. The van der Waals surface area contributed by atoms with E-state index in [1.165, 1.54) is 62.6 Å². The van der Waals surface area contributed by atoms with Gasteiger partial charge in [0.15, 0.2) is 0 Å². The van der Waals surface area contributed by atoms with Crippen molar-refractivity contribution in [1.82, 2.24) is 9.47 Å². The smallest absolute Gasteiger partial charge is 0.0508 e. The van der Waals surface area contributed by atoms with Crippen LogP contribution in [0.25, 0.3) is 10.9 Å². The van der Waals surface area contributed by atoms with Crippen molar-refractivity contribution in [2.24, 2.45) is 0 Å². The zero-order valence-electron chi connectivity index (χ0n) is 16.7. The normalized spacial score (nSPS) is 22.6. The molecule has 1 unspecified atom stereocenters. The van der Waals surface area contributed by atoms with E-state index in [-0.39, 0.29) is 0 Å². The number of fused-ring (bicyclic) bond motifs is 3. The van der Waals surface area contributed by atoms with E-state index in [1.54, 1.807) is 22.2 Å². The van der Waals surface area contributed by atoms with E-state index in [4.69, 9.17) is 0 Å². The van der Waals surface area contributed by atoms with Crippen LogP contribution in [0.4, 0.5) is 0 Å². The molecule has 1 aromatic heterocycles. The number of rotatable bonds is 3. The highest BCUT2D eigenvalue weighted by Crippen LogP contribution is 2.44. The standard InChI is InChI=1S/C26H30N2/c1-2-7-19(8-3-1)18-27-15-16-28-24-14-13-21(20-9-4-5-10-20)17-23(24)22-11-6-12-25(27)26(22)28/h1-3,7-8,13-14,17,20,25H,4-6,9-12,15-16,18H2. The fourth-order valence-electron chi connectivity index (χ4n) is 6.21. The predicted molar refractivity (Wildman–Crippen MR) is 116 cm³/mol. The predicted octanol–water partition coefficient (Wildman–Crippen LogP) is 6.19. The average Bonchev–Trinajstić information content (AvgIpc) is 3.39. The second kappa shape index (κ2) is 6.77. The molecule has 0 saturated heterocycles. The number of nitrogens with zero attached hydrogens (tertiary/aromatic N) is 2. The minimum Gasteiger partial charge on any atom is -0.342 e. The SMILES string of the molecule is c1ccc(CN2CCn3c4c(c5cc(C6CCCC6)ccc53)CCCC42)cc1. The van der Waals surface area contributed by atoms with Crippen molar-refractivity contribution in [3.8, 4) is 0 Å². The van der Waals surface area contributed by atoms with Gasteiger partial charge in [0.2, 0.25) is 0 Å². The summed E-state index contributed by atoms with van der Waals surface area (Å²) in [5.41, 5.74) is 7.86. The molecule has 0 bridgehead atoms. The van der Waals surface area contributed by atoms with Crippen LogP contribution in [0, 0.1) is 0 Å². The van der Waals surface area contributed by atoms with E-state index in [0.29, 0.717) is 6.04 Å². The summed E-state index contributed by atoms with van der Waals surface area (Å²) < 4.78 is 2.68. The Kier molecular flexibility index (Phi) is 4.08. The monoisotopic (exact) mass is 370 g/mol. The first-order valence-electron chi connectivity index (χ1n) is 11.3. The minimum atomic E-state index is 0.597. The van der Waals surface area contributed by atoms with Crippen LogP contribution in [0.1, 0.15) is 72.9 Å². The van der Waals surface area contributed by atoms with Gasteiger partial charge in [-0.25, -0.2) is 0 Å². The van der Waals surface area contributed by atoms with Gasteiger partial charge in [-0.05, 0) is 66.8 Å². The van der Waals surface area contributed by atoms with E-state index in [2.05, 4.69) is 58.0 Å². The van der Waals surface area contributed by atoms with Gasteiger partial charge >= 0.3 is 0 Å². The lowest BCUT2D eigenvalue weighted by Crippen LogP contribution is -2.39. The van der Waals surface area contributed by atoms with Crippen molar-refractivity contribution in [3.05, 3.63) is 70.9 Å². The molecule has 0 N–H and O–H groups in total. The first-order valence-corrected chi connectivity index (χ1v) is 11.3. The first kappa shape index (κ1) is 16.9. The molecule has 0 amide bonds. The molecule has 3 aliphatic rings. The van der Waals surface area contributed by atoms with Gasteiger partial charge in [-0.1, -0.05) is 49.2 Å². The van der Waals surface area contributed by atoms with Gasteiger partial charge < -0.3 is 4.57 Å². The number of benzene rings is 2. The molecule has 2 heteroatoms. The van der Waals surface area contributed by atoms with Crippen molar-refractivity contribution >= 4 is 10.9 Å². The van der Waals surface area contributed by atoms with Gasteiger partial charge in [0.05, 0.1) is 6.04 Å². The fraction of sp³-hybridized carbons (Fsp3) is 0.462. The molecule has 6 rings (SSSR count). The Morgan fingerprint density at radius 1 is 0.857 bits per heavy atom. The molecule has 2 heterocycles. The molecule has 2 aliphatic carbocycles. The second-order valence-electron chi connectivity index (χ2n) is 9.14. The third-order valence-electron chi connectivity index (χ3n) is 7.56. The third-order valence-corrected chi connectivity index (χ3v) is 7.56. The number of hydrogen-bond donors (Lipinski definition) is 0. The summed E-state index contributed by atoms with van der Waals surface area (Å²) in [6, 6.07) is 19.1. The summed E-state index contributed by atoms with van der Waals surface area (Å²) in [6.07, 6.45) is 9.52. The van der Waals surface area contributed by atoms with E-state index < -0.39 is 0 Å². The quantitative estimate of drug-likeness (QED) is 0.533. The van der Waals surface area contributed by atoms with Crippen molar-refractivity contribution in [3.63, 3.8) is 0 Å². The molecule has 1 fully saturated rings. The topological polar surface area (TPSA) is 8.17 Å². The molecule has 1 atom stereocenters. The van der Waals surface area contributed by atoms with E-state index in [1.807, 2.05) is 0 Å². The number of aromatic nitrogens is 1. The van der Waals surface area contributed by atoms with Crippen LogP contribution in [-0.4, -0.2) is 16.0 Å². The molecule has 144 valence electrons. The molecule has 2 aromatic carbocycles. The highest BCUT2D eigenvalue weighted by Gasteiger charge is 2.35. The van der Waals surface area contributed by atoms with Crippen molar-refractivity contribution in [2.75, 3.05) is 6.54 Å². The summed E-state index contributed by atoms with van der Waals surface area (Å²) in [5, 5.41) is 1.57. The molecular formula is C26H30N2. The maximum Gasteiger partial charge on any atom is 0.0508 e. The van der Waals surface area contributed by atoms with Crippen molar-refractivity contribution in [2.45, 2.75) is 70.0 Å². The Labute approximate surface area is 168 Å². The highest BCUT2D eigenvalue weighted by atomic mass is 15.2. The third kappa shape index (κ3) is 2.65. The Balaban J connectivity index is 1.41. The van der Waals surface area contributed by atoms with Crippen LogP contribution in [0.5, 0.6) is 0 Å². The average molecular weight is 371 g/mol. The number of hydrogen-bond acceptors (Lipinski definition) is 1. The van der Waals surface area contributed by atoms with E-state index >= 15 is 0 Å². The van der Waals surface area contributed by atoms with Gasteiger partial charge in [-0.2, -0.15) is 0 Å². The molecule has 1 saturated carbocycles. The highest BCUT2D eigenvalue weighted by molar-refractivity contribution is 5.87. The lowest BCUT2D eigenvalue weighted by Gasteiger charge is -2.40. The van der Waals surface area contributed by atoms with Gasteiger partial charge in [0.25, 0.3) is 0 Å². The molecule has 0 radical (unpaired) electrons. The lowest BCUT2D eigenvalue weighted by molar-refractivity contribution is 0.133. The largest absolute Gasteiger partial charge is 0.342 e. The molecule has 1 aliphatic heterocycles. The van der Waals surface area contributed by atoms with Gasteiger partial charge in [0, 0.05) is 36.2 Å². The van der Waals surface area contributed by atoms with Crippen LogP contribution < -0.4 is 0 Å². The van der Waals surface area contributed by atoms with Crippen LogP contribution in [0.3, 0.4) is 0 Å². The summed E-state index contributed by atoms with van der Waals surface area (Å²) in [7, 11) is 0. The summed E-state index contributed by atoms with van der Waals surface area (Å²) >= 11 is 0. The van der Waals surface area contributed by atoms with Crippen molar-refractivity contribution < 1.29 is 0 Å². The molecule has 28 heavy (non-hydrogen) atoms. The van der Waals surface area contributed by atoms with Crippen LogP contribution >= 0.6 is 0 Å². The second-order valence-corrected chi connectivity index (χ2v) is 9.14. The fourth-order valence-corrected chi connectivity index (χ4v) is 6.21. The van der Waals surface area contributed by atoms with E-state index in [0.717, 1.165) is 19.0 Å². The zero-order valence-corrected chi connectivity index (χ0v) is 16.7. The molecule has 2 nitrogen and oxygen atoms in total. The minimum absolute atomic E-state index is 0.597. The van der Waals surface area contributed by atoms with Gasteiger partial charge in [-0.15, -0.1) is 0 Å². The zero-order chi connectivity index (χ0) is 18.5. The maximum absolute atomic E-state index is 2.74. The Morgan fingerprint density at radius 2 is 1.71 bits per heavy atom. The Bertz CT molecular complexity index is 994. The van der Waals surface area contributed by atoms with E-state index in [9.17, 15) is 0 Å². The Hall–Kier alpha value is -2.06. The Morgan fingerprint density at radius 3 is 2.57 bits per heavy atom. The molecule has 3 aromatic rings. The van der Waals surface area contributed by atoms with Crippen LogP contribution in [0.2, 0.25) is 0 Å². The summed E-state index contributed by atoms with van der Waals surface area (Å²) in [4.78, 5) is 2.74.